The molecule has 0 unspecified atom stereocenters. The third kappa shape index (κ3) is 6.30. The molecule has 0 heterocycles. The van der Waals surface area contributed by atoms with Crippen LogP contribution in [-0.4, -0.2) is 31.1 Å². The van der Waals surface area contributed by atoms with Crippen LogP contribution in [-0.2, 0) is 13.1 Å². The lowest BCUT2D eigenvalue weighted by Crippen LogP contribution is -2.36. The Hall–Kier alpha value is -3.43. The molecule has 0 aliphatic heterocycles. The van der Waals surface area contributed by atoms with Gasteiger partial charge < -0.3 is 20.1 Å². The molecule has 0 aliphatic carbocycles. The van der Waals surface area contributed by atoms with Crippen LogP contribution < -0.4 is 20.1 Å². The molecule has 2 rings (SSSR count). The summed E-state index contributed by atoms with van der Waals surface area (Å²) in [5, 5.41) is 17.0. The number of nitro benzene ring substituents is 1. The lowest BCUT2D eigenvalue weighted by Gasteiger charge is -2.17. The molecule has 29 heavy (non-hydrogen) atoms. The third-order valence-corrected chi connectivity index (χ3v) is 3.87. The van der Waals surface area contributed by atoms with Crippen LogP contribution >= 0.6 is 0 Å². The van der Waals surface area contributed by atoms with E-state index in [0.717, 1.165) is 0 Å². The highest BCUT2D eigenvalue weighted by atomic mass is 19.3. The zero-order valence-electron chi connectivity index (χ0n) is 16.0. The monoisotopic (exact) mass is 408 g/mol. The van der Waals surface area contributed by atoms with Gasteiger partial charge >= 0.3 is 6.61 Å². The maximum absolute atomic E-state index is 12.8. The molecule has 2 N–H and O–H groups in total. The average molecular weight is 408 g/mol. The van der Waals surface area contributed by atoms with Crippen molar-refractivity contribution in [3.05, 3.63) is 63.7 Å². The lowest BCUT2D eigenvalue weighted by molar-refractivity contribution is -0.385. The number of benzene rings is 2. The van der Waals surface area contributed by atoms with Gasteiger partial charge in [0.15, 0.2) is 17.5 Å². The van der Waals surface area contributed by atoms with Crippen molar-refractivity contribution in [2.45, 2.75) is 26.6 Å². The number of aliphatic imine (C=N–C) groups is 1. The Bertz CT molecular complexity index is 862. The molecule has 0 amide bonds. The van der Waals surface area contributed by atoms with Gasteiger partial charge in [0.25, 0.3) is 5.69 Å². The Morgan fingerprint density at radius 2 is 1.79 bits per heavy atom. The SMILES string of the molecule is CCOc1cccc(CNC(=NC)NCc2ccccc2[N+](=O)[O-])c1OC(F)F. The Kier molecular flexibility index (Phi) is 8.13. The summed E-state index contributed by atoms with van der Waals surface area (Å²) in [6, 6.07) is 11.2. The highest BCUT2D eigenvalue weighted by molar-refractivity contribution is 5.79. The molecule has 0 spiro atoms. The summed E-state index contributed by atoms with van der Waals surface area (Å²) < 4.78 is 35.6. The number of halogens is 2. The zero-order chi connectivity index (χ0) is 21.2. The predicted octanol–water partition coefficient (Wildman–Crippen LogP) is 3.46. The molecular formula is C19H22F2N4O4. The molecule has 0 aromatic heterocycles. The van der Waals surface area contributed by atoms with Crippen molar-refractivity contribution in [2.24, 2.45) is 4.99 Å². The molecule has 0 aliphatic rings. The summed E-state index contributed by atoms with van der Waals surface area (Å²) in [5.41, 5.74) is 0.929. The van der Waals surface area contributed by atoms with E-state index < -0.39 is 11.5 Å². The predicted molar refractivity (Wildman–Crippen MR) is 104 cm³/mol. The molecule has 2 aromatic rings. The summed E-state index contributed by atoms with van der Waals surface area (Å²) in [6.07, 6.45) is 0. The van der Waals surface area contributed by atoms with Gasteiger partial charge in [0.1, 0.15) is 0 Å². The molecule has 0 saturated carbocycles. The summed E-state index contributed by atoms with van der Waals surface area (Å²) in [4.78, 5) is 14.7. The minimum absolute atomic E-state index is 0.00696. The van der Waals surface area contributed by atoms with E-state index in [-0.39, 0.29) is 30.3 Å². The standard InChI is InChI=1S/C19H22F2N4O4/c1-3-28-16-10-6-8-14(17(16)29-18(20)21)12-24-19(22-2)23-11-13-7-4-5-9-15(13)25(26)27/h4-10,18H,3,11-12H2,1-2H3,(H2,22,23,24). The number of alkyl halides is 2. The number of ether oxygens (including phenoxy) is 2. The fourth-order valence-corrected chi connectivity index (χ4v) is 2.61. The lowest BCUT2D eigenvalue weighted by atomic mass is 10.2. The molecular weight excluding hydrogens is 386 g/mol. The van der Waals surface area contributed by atoms with Crippen LogP contribution in [0.5, 0.6) is 11.5 Å². The van der Waals surface area contributed by atoms with Crippen LogP contribution in [0.25, 0.3) is 0 Å². The quantitative estimate of drug-likeness (QED) is 0.285. The number of guanidine groups is 1. The summed E-state index contributed by atoms with van der Waals surface area (Å²) in [6.45, 7) is -0.664. The van der Waals surface area contributed by atoms with Crippen LogP contribution in [0.3, 0.4) is 0 Å². The first-order valence-corrected chi connectivity index (χ1v) is 8.82. The van der Waals surface area contributed by atoms with Crippen LogP contribution in [0.2, 0.25) is 0 Å². The van der Waals surface area contributed by atoms with Gasteiger partial charge in [-0.25, -0.2) is 0 Å². The van der Waals surface area contributed by atoms with Crippen LogP contribution in [0.15, 0.2) is 47.5 Å². The minimum atomic E-state index is -2.99. The maximum atomic E-state index is 12.8. The van der Waals surface area contributed by atoms with Crippen molar-refractivity contribution in [3.8, 4) is 11.5 Å². The Labute approximate surface area is 166 Å². The van der Waals surface area contributed by atoms with Gasteiger partial charge in [-0.1, -0.05) is 30.3 Å². The molecule has 0 fully saturated rings. The molecule has 156 valence electrons. The fraction of sp³-hybridized carbons (Fsp3) is 0.316. The first-order chi connectivity index (χ1) is 14.0. The molecule has 10 heteroatoms. The molecule has 8 nitrogen and oxygen atoms in total. The number of hydrogen-bond acceptors (Lipinski definition) is 5. The number of nitrogens with one attached hydrogen (secondary N) is 2. The second kappa shape index (κ2) is 10.8. The van der Waals surface area contributed by atoms with Crippen LogP contribution in [0.1, 0.15) is 18.1 Å². The summed E-state index contributed by atoms with van der Waals surface area (Å²) in [7, 11) is 1.53. The van der Waals surface area contributed by atoms with E-state index in [0.29, 0.717) is 23.7 Å². The van der Waals surface area contributed by atoms with Gasteiger partial charge in [0.05, 0.1) is 11.5 Å². The van der Waals surface area contributed by atoms with E-state index in [1.54, 1.807) is 43.3 Å². The Morgan fingerprint density at radius 1 is 1.14 bits per heavy atom. The molecule has 0 bridgehead atoms. The first kappa shape index (κ1) is 21.9. The van der Waals surface area contributed by atoms with Crippen LogP contribution in [0, 0.1) is 10.1 Å². The normalized spacial score (nSPS) is 11.3. The van der Waals surface area contributed by atoms with E-state index in [4.69, 9.17) is 4.74 Å². The molecule has 0 radical (unpaired) electrons. The van der Waals surface area contributed by atoms with Gasteiger partial charge in [-0.2, -0.15) is 8.78 Å². The van der Waals surface area contributed by atoms with Crippen molar-refractivity contribution < 1.29 is 23.2 Å². The van der Waals surface area contributed by atoms with Crippen molar-refractivity contribution in [1.82, 2.24) is 10.6 Å². The van der Waals surface area contributed by atoms with Gasteiger partial charge in [-0.3, -0.25) is 15.1 Å². The van der Waals surface area contributed by atoms with Crippen molar-refractivity contribution in [3.63, 3.8) is 0 Å². The van der Waals surface area contributed by atoms with Gasteiger partial charge in [-0.15, -0.1) is 0 Å². The van der Waals surface area contributed by atoms with Crippen molar-refractivity contribution in [1.29, 1.82) is 0 Å². The maximum Gasteiger partial charge on any atom is 0.387 e. The molecule has 2 aromatic carbocycles. The van der Waals surface area contributed by atoms with E-state index >= 15 is 0 Å². The highest BCUT2D eigenvalue weighted by Crippen LogP contribution is 2.32. The van der Waals surface area contributed by atoms with E-state index in [9.17, 15) is 18.9 Å². The van der Waals surface area contributed by atoms with Gasteiger partial charge in [0.2, 0.25) is 0 Å². The topological polar surface area (TPSA) is 98.0 Å². The van der Waals surface area contributed by atoms with E-state index in [1.807, 2.05) is 0 Å². The fourth-order valence-electron chi connectivity index (χ4n) is 2.61. The number of para-hydroxylation sites is 2. The Morgan fingerprint density at radius 3 is 2.41 bits per heavy atom. The van der Waals surface area contributed by atoms with E-state index in [1.165, 1.54) is 13.1 Å². The second-order valence-corrected chi connectivity index (χ2v) is 5.72. The molecule has 0 atom stereocenters. The highest BCUT2D eigenvalue weighted by Gasteiger charge is 2.16. The number of rotatable bonds is 9. The summed E-state index contributed by atoms with van der Waals surface area (Å²) >= 11 is 0. The first-order valence-electron chi connectivity index (χ1n) is 8.82. The molecule has 0 saturated heterocycles. The third-order valence-electron chi connectivity index (χ3n) is 3.87. The average Bonchev–Trinajstić information content (AvgIpc) is 2.70. The summed E-state index contributed by atoms with van der Waals surface area (Å²) in [5.74, 6) is 0.508. The number of hydrogen-bond donors (Lipinski definition) is 2. The number of nitrogens with zero attached hydrogens (tertiary/aromatic N) is 2. The van der Waals surface area contributed by atoms with Crippen LogP contribution in [0.4, 0.5) is 14.5 Å². The van der Waals surface area contributed by atoms with E-state index in [2.05, 4.69) is 20.4 Å². The largest absolute Gasteiger partial charge is 0.490 e. The van der Waals surface area contributed by atoms with Crippen molar-refractivity contribution >= 4 is 11.6 Å². The van der Waals surface area contributed by atoms with Gasteiger partial charge in [-0.05, 0) is 13.0 Å². The second-order valence-electron chi connectivity index (χ2n) is 5.72. The zero-order valence-corrected chi connectivity index (χ0v) is 16.0. The minimum Gasteiger partial charge on any atom is -0.490 e. The smallest absolute Gasteiger partial charge is 0.387 e. The number of nitro groups is 1. The van der Waals surface area contributed by atoms with Gasteiger partial charge in [0, 0.05) is 37.3 Å². The van der Waals surface area contributed by atoms with Crippen molar-refractivity contribution in [2.75, 3.05) is 13.7 Å². The Balaban J connectivity index is 2.08.